The number of aliphatic carboxylic acids is 1. The fourth-order valence-corrected chi connectivity index (χ4v) is 6.79. The first-order valence-corrected chi connectivity index (χ1v) is 13.4. The Bertz CT molecular complexity index is 958. The average molecular weight is 875 g/mol. The van der Waals surface area contributed by atoms with Crippen molar-refractivity contribution in [3.8, 4) is 17.2 Å². The molecule has 0 bridgehead atoms. The Morgan fingerprint density at radius 1 is 0.968 bits per heavy atom. The Balaban J connectivity index is 2.28. The molecule has 0 spiro atoms. The van der Waals surface area contributed by atoms with Crippen LogP contribution < -0.4 is 14.8 Å². The average Bonchev–Trinajstić information content (AvgIpc) is 2.59. The van der Waals surface area contributed by atoms with Gasteiger partial charge in [-0.2, -0.15) is 0 Å². The van der Waals surface area contributed by atoms with Crippen molar-refractivity contribution >= 4 is 102 Å². The maximum atomic E-state index is 11.7. The third-order valence-electron chi connectivity index (χ3n) is 3.84. The molecule has 2 aromatic rings. The van der Waals surface area contributed by atoms with Crippen LogP contribution >= 0.6 is 90.4 Å². The van der Waals surface area contributed by atoms with E-state index in [1.807, 2.05) is 45.0 Å². The first-order chi connectivity index (χ1) is 14.3. The Morgan fingerprint density at radius 3 is 1.87 bits per heavy atom. The lowest BCUT2D eigenvalue weighted by atomic mass is 10.0. The molecule has 168 valence electrons. The minimum absolute atomic E-state index is 0.307. The van der Waals surface area contributed by atoms with E-state index in [1.54, 1.807) is 0 Å². The Labute approximate surface area is 236 Å². The quantitative estimate of drug-likeness (QED) is 0.196. The van der Waals surface area contributed by atoms with E-state index in [4.69, 9.17) is 9.47 Å². The number of ether oxygens (including phenoxy) is 2. The van der Waals surface area contributed by atoms with E-state index in [-0.39, 0.29) is 11.5 Å². The van der Waals surface area contributed by atoms with Crippen LogP contribution in [0, 0.1) is 14.3 Å². The van der Waals surface area contributed by atoms with E-state index in [2.05, 4.69) is 95.7 Å². The molecule has 0 aliphatic heterocycles. The second-order valence-electron chi connectivity index (χ2n) is 7.79. The second-order valence-corrected chi connectivity index (χ2v) is 12.4. The monoisotopic (exact) mass is 875 g/mol. The highest BCUT2D eigenvalue weighted by molar-refractivity contribution is 14.1. The van der Waals surface area contributed by atoms with Gasteiger partial charge in [-0.25, -0.2) is 0 Å². The van der Waals surface area contributed by atoms with Gasteiger partial charge in [0.05, 0.1) is 14.3 Å². The van der Waals surface area contributed by atoms with E-state index < -0.39 is 12.0 Å². The van der Waals surface area contributed by atoms with Gasteiger partial charge in [0.1, 0.15) is 11.8 Å². The van der Waals surface area contributed by atoms with Crippen LogP contribution in [0.1, 0.15) is 33.3 Å². The van der Waals surface area contributed by atoms with E-state index >= 15 is 0 Å². The summed E-state index contributed by atoms with van der Waals surface area (Å²) in [5.41, 5.74) is 0.610. The first kappa shape index (κ1) is 27.3. The maximum Gasteiger partial charge on any atom is 0.321 e. The number of esters is 1. The van der Waals surface area contributed by atoms with Crippen LogP contribution in [0.3, 0.4) is 0 Å². The number of nitrogens with one attached hydrogen (secondary N) is 1. The molecule has 0 aromatic heterocycles. The number of benzene rings is 2. The molecule has 2 N–H and O–H groups in total. The van der Waals surface area contributed by atoms with Crippen LogP contribution in [0.5, 0.6) is 17.2 Å². The van der Waals surface area contributed by atoms with Crippen LogP contribution in [0.15, 0.2) is 24.3 Å². The summed E-state index contributed by atoms with van der Waals surface area (Å²) in [6.07, 6.45) is 0.367. The van der Waals surface area contributed by atoms with Crippen molar-refractivity contribution in [3.05, 3.63) is 44.1 Å². The van der Waals surface area contributed by atoms with Gasteiger partial charge in [-0.05, 0) is 147 Å². The fourth-order valence-electron chi connectivity index (χ4n) is 2.74. The number of hydrogen-bond donors (Lipinski definition) is 2. The van der Waals surface area contributed by atoms with Crippen molar-refractivity contribution in [3.63, 3.8) is 0 Å². The topological polar surface area (TPSA) is 84.9 Å². The highest BCUT2D eigenvalue weighted by Gasteiger charge is 2.24. The van der Waals surface area contributed by atoms with Gasteiger partial charge in [-0.15, -0.1) is 0 Å². The third-order valence-corrected chi connectivity index (χ3v) is 7.05. The molecule has 0 saturated carbocycles. The van der Waals surface area contributed by atoms with Crippen molar-refractivity contribution < 1.29 is 24.2 Å². The van der Waals surface area contributed by atoms with Gasteiger partial charge in [0.2, 0.25) is 0 Å². The van der Waals surface area contributed by atoms with Gasteiger partial charge in [0.15, 0.2) is 11.5 Å². The van der Waals surface area contributed by atoms with E-state index in [0.717, 1.165) is 19.8 Å². The molecule has 0 saturated heterocycles. The SMILES string of the molecule is CC(=O)Oc1c(I)cc(Oc2c(I)cc(C[C@H](NC(C)(C)C)C(=O)O)cc2I)cc1I. The molecule has 0 unspecified atom stereocenters. The molecule has 0 fully saturated rings. The molecule has 31 heavy (non-hydrogen) atoms. The van der Waals surface area contributed by atoms with Crippen molar-refractivity contribution in [2.45, 2.75) is 45.7 Å². The van der Waals surface area contributed by atoms with Crippen molar-refractivity contribution in [1.82, 2.24) is 5.32 Å². The van der Waals surface area contributed by atoms with Gasteiger partial charge in [0, 0.05) is 12.5 Å². The summed E-state index contributed by atoms with van der Waals surface area (Å²) < 4.78 is 14.7. The van der Waals surface area contributed by atoms with Gasteiger partial charge < -0.3 is 14.6 Å². The number of carboxylic acid groups (broad SMARTS) is 1. The number of carboxylic acids is 1. The largest absolute Gasteiger partial charge is 0.480 e. The van der Waals surface area contributed by atoms with E-state index in [9.17, 15) is 14.7 Å². The van der Waals surface area contributed by atoms with Gasteiger partial charge in [-0.1, -0.05) is 0 Å². The Morgan fingerprint density at radius 2 is 1.45 bits per heavy atom. The van der Waals surface area contributed by atoms with Gasteiger partial charge >= 0.3 is 11.9 Å². The summed E-state index contributed by atoms with van der Waals surface area (Å²) in [6, 6.07) is 6.84. The number of carbonyl (C=O) groups excluding carboxylic acids is 1. The number of carbonyl (C=O) groups is 2. The van der Waals surface area contributed by atoms with Crippen molar-refractivity contribution in [1.29, 1.82) is 0 Å². The predicted molar refractivity (Wildman–Crippen MR) is 153 cm³/mol. The Kier molecular flexibility index (Phi) is 10.1. The van der Waals surface area contributed by atoms with Gasteiger partial charge in [-0.3, -0.25) is 14.9 Å². The number of halogens is 4. The summed E-state index contributed by atoms with van der Waals surface area (Å²) in [5, 5.41) is 12.7. The van der Waals surface area contributed by atoms with Gasteiger partial charge in [0.25, 0.3) is 0 Å². The lowest BCUT2D eigenvalue weighted by molar-refractivity contribution is -0.140. The van der Waals surface area contributed by atoms with E-state index in [0.29, 0.717) is 23.7 Å². The number of rotatable bonds is 7. The molecule has 10 heteroatoms. The highest BCUT2D eigenvalue weighted by atomic mass is 127. The summed E-state index contributed by atoms with van der Waals surface area (Å²) in [4.78, 5) is 23.0. The standard InChI is InChI=1S/C21H21I4NO5/c1-10(27)30-18-15(24)8-12(9-16(18)25)31-19-13(22)5-11(6-14(19)23)7-17(20(28)29)26-21(2,3)4/h5-6,8-9,17,26H,7H2,1-4H3,(H,28,29)/t17-/m0/s1. The summed E-state index contributed by atoms with van der Waals surface area (Å²) >= 11 is 8.62. The molecular formula is C21H21I4NO5. The molecule has 0 aliphatic rings. The maximum absolute atomic E-state index is 11.7. The Hall–Kier alpha value is 0.0600. The zero-order chi connectivity index (χ0) is 23.5. The highest BCUT2D eigenvalue weighted by Crippen LogP contribution is 2.37. The molecule has 1 atom stereocenters. The lowest BCUT2D eigenvalue weighted by Crippen LogP contribution is -2.48. The molecule has 0 heterocycles. The normalized spacial score (nSPS) is 12.4. The molecule has 0 aliphatic carbocycles. The van der Waals surface area contributed by atoms with Crippen molar-refractivity contribution in [2.24, 2.45) is 0 Å². The zero-order valence-electron chi connectivity index (χ0n) is 17.2. The molecular weight excluding hydrogens is 854 g/mol. The first-order valence-electron chi connectivity index (χ1n) is 9.10. The number of hydrogen-bond acceptors (Lipinski definition) is 5. The fraction of sp³-hybridized carbons (Fsp3) is 0.333. The molecule has 0 amide bonds. The third kappa shape index (κ3) is 8.41. The van der Waals surface area contributed by atoms with Crippen LogP contribution in [0.4, 0.5) is 0 Å². The van der Waals surface area contributed by atoms with Crippen molar-refractivity contribution in [2.75, 3.05) is 0 Å². The van der Waals surface area contributed by atoms with Crippen LogP contribution in [-0.2, 0) is 16.0 Å². The minimum Gasteiger partial charge on any atom is -0.480 e. The smallest absolute Gasteiger partial charge is 0.321 e. The summed E-state index contributed by atoms with van der Waals surface area (Å²) in [6.45, 7) is 7.21. The van der Waals surface area contributed by atoms with E-state index in [1.165, 1.54) is 6.92 Å². The zero-order valence-corrected chi connectivity index (χ0v) is 25.8. The molecule has 6 nitrogen and oxygen atoms in total. The molecule has 2 aromatic carbocycles. The van der Waals surface area contributed by atoms with Crippen LogP contribution in [0.25, 0.3) is 0 Å². The molecule has 2 rings (SSSR count). The predicted octanol–water partition coefficient (Wildman–Crippen LogP) is 6.21. The summed E-state index contributed by atoms with van der Waals surface area (Å²) in [5.74, 6) is 0.604. The molecule has 0 radical (unpaired) electrons. The lowest BCUT2D eigenvalue weighted by Gasteiger charge is -2.26. The van der Waals surface area contributed by atoms with Crippen LogP contribution in [0.2, 0.25) is 0 Å². The summed E-state index contributed by atoms with van der Waals surface area (Å²) in [7, 11) is 0. The second kappa shape index (κ2) is 11.5. The minimum atomic E-state index is -0.878. The van der Waals surface area contributed by atoms with Crippen LogP contribution in [-0.4, -0.2) is 28.6 Å².